The summed E-state index contributed by atoms with van der Waals surface area (Å²) < 4.78 is 0. The topological polar surface area (TPSA) is 97.4 Å². The first-order chi connectivity index (χ1) is 11.2. The standard InChI is InChI=1S/C19H16N4/c20-10-16-18(23)15-9-5-4-8-14(15)17(19(16,11-21)12-22)13-6-2-1-3-7-13/h1-3,6-7,9,14,17H,4-5,8,23H2/t14-,17-/m1/s1. The highest BCUT2D eigenvalue weighted by Crippen LogP contribution is 2.55. The zero-order chi connectivity index (χ0) is 16.4. The SMILES string of the molecule is N#CC1=C(N)C2=CCCC[C@H]2[C@@H](c2ccccc2)C1(C#N)C#N. The Morgan fingerprint density at radius 3 is 2.39 bits per heavy atom. The van der Waals surface area contributed by atoms with Gasteiger partial charge < -0.3 is 5.73 Å². The van der Waals surface area contributed by atoms with Crippen LogP contribution in [0.4, 0.5) is 0 Å². The molecule has 1 aromatic rings. The third-order valence-electron chi connectivity index (χ3n) is 4.95. The van der Waals surface area contributed by atoms with E-state index in [2.05, 4.69) is 18.2 Å². The molecule has 0 aliphatic heterocycles. The molecule has 0 saturated heterocycles. The monoisotopic (exact) mass is 300 g/mol. The molecule has 1 aromatic carbocycles. The second-order valence-corrected chi connectivity index (χ2v) is 6.02. The number of allylic oxidation sites excluding steroid dienone is 3. The quantitative estimate of drug-likeness (QED) is 0.860. The molecule has 4 nitrogen and oxygen atoms in total. The second-order valence-electron chi connectivity index (χ2n) is 6.02. The molecule has 0 spiro atoms. The van der Waals surface area contributed by atoms with Crippen molar-refractivity contribution in [3.63, 3.8) is 0 Å². The van der Waals surface area contributed by atoms with Gasteiger partial charge in [0.25, 0.3) is 0 Å². The van der Waals surface area contributed by atoms with Gasteiger partial charge in [-0.25, -0.2) is 0 Å². The molecule has 0 saturated carbocycles. The summed E-state index contributed by atoms with van der Waals surface area (Å²) in [7, 11) is 0. The molecule has 2 aliphatic carbocycles. The summed E-state index contributed by atoms with van der Waals surface area (Å²) in [5, 5.41) is 29.3. The van der Waals surface area contributed by atoms with Gasteiger partial charge in [-0.1, -0.05) is 36.4 Å². The predicted molar refractivity (Wildman–Crippen MR) is 85.1 cm³/mol. The molecule has 112 valence electrons. The Morgan fingerprint density at radius 2 is 1.78 bits per heavy atom. The molecular formula is C19H16N4. The molecule has 2 aliphatic rings. The minimum atomic E-state index is -1.53. The highest BCUT2D eigenvalue weighted by atomic mass is 14.7. The van der Waals surface area contributed by atoms with Crippen LogP contribution < -0.4 is 5.73 Å². The molecule has 4 heteroatoms. The van der Waals surface area contributed by atoms with Gasteiger partial charge in [0.1, 0.15) is 0 Å². The van der Waals surface area contributed by atoms with E-state index in [0.29, 0.717) is 5.70 Å². The molecule has 0 heterocycles. The van der Waals surface area contributed by atoms with E-state index in [1.165, 1.54) is 0 Å². The van der Waals surface area contributed by atoms with Gasteiger partial charge in [0, 0.05) is 5.92 Å². The number of fused-ring (bicyclic) bond motifs is 1. The minimum Gasteiger partial charge on any atom is -0.398 e. The van der Waals surface area contributed by atoms with E-state index in [-0.39, 0.29) is 17.4 Å². The lowest BCUT2D eigenvalue weighted by atomic mass is 9.56. The van der Waals surface area contributed by atoms with Gasteiger partial charge in [0.15, 0.2) is 5.41 Å². The summed E-state index contributed by atoms with van der Waals surface area (Å²) in [5.41, 5.74) is 6.94. The minimum absolute atomic E-state index is 0.00236. The molecule has 0 amide bonds. The van der Waals surface area contributed by atoms with E-state index in [1.54, 1.807) is 0 Å². The maximum Gasteiger partial charge on any atom is 0.187 e. The van der Waals surface area contributed by atoms with E-state index in [1.807, 2.05) is 36.4 Å². The van der Waals surface area contributed by atoms with Crippen LogP contribution in [0, 0.1) is 45.3 Å². The van der Waals surface area contributed by atoms with Crippen LogP contribution >= 0.6 is 0 Å². The molecule has 0 unspecified atom stereocenters. The maximum atomic E-state index is 9.85. The summed E-state index contributed by atoms with van der Waals surface area (Å²) >= 11 is 0. The van der Waals surface area contributed by atoms with E-state index in [0.717, 1.165) is 30.4 Å². The van der Waals surface area contributed by atoms with Crippen LogP contribution in [-0.2, 0) is 0 Å². The van der Waals surface area contributed by atoms with Gasteiger partial charge in [-0.15, -0.1) is 0 Å². The third-order valence-corrected chi connectivity index (χ3v) is 4.95. The van der Waals surface area contributed by atoms with Gasteiger partial charge >= 0.3 is 0 Å². The van der Waals surface area contributed by atoms with Gasteiger partial charge in [-0.2, -0.15) is 15.8 Å². The predicted octanol–water partition coefficient (Wildman–Crippen LogP) is 3.28. The highest BCUT2D eigenvalue weighted by molar-refractivity contribution is 5.58. The Morgan fingerprint density at radius 1 is 1.09 bits per heavy atom. The number of hydrogen-bond donors (Lipinski definition) is 1. The lowest BCUT2D eigenvalue weighted by molar-refractivity contribution is 0.322. The van der Waals surface area contributed by atoms with Crippen molar-refractivity contribution in [1.82, 2.24) is 0 Å². The van der Waals surface area contributed by atoms with Crippen molar-refractivity contribution in [1.29, 1.82) is 15.8 Å². The number of hydrogen-bond acceptors (Lipinski definition) is 4. The Labute approximate surface area is 135 Å². The van der Waals surface area contributed by atoms with Crippen LogP contribution in [-0.4, -0.2) is 0 Å². The highest BCUT2D eigenvalue weighted by Gasteiger charge is 2.54. The molecule has 23 heavy (non-hydrogen) atoms. The number of nitriles is 3. The average Bonchev–Trinajstić information content (AvgIpc) is 2.62. The zero-order valence-corrected chi connectivity index (χ0v) is 12.7. The fourth-order valence-corrected chi connectivity index (χ4v) is 3.94. The Hall–Kier alpha value is -3.03. The van der Waals surface area contributed by atoms with Crippen molar-refractivity contribution >= 4 is 0 Å². The van der Waals surface area contributed by atoms with Crippen molar-refractivity contribution in [3.8, 4) is 18.2 Å². The fraction of sp³-hybridized carbons (Fsp3) is 0.316. The first kappa shape index (κ1) is 14.9. The largest absolute Gasteiger partial charge is 0.398 e. The number of rotatable bonds is 1. The van der Waals surface area contributed by atoms with Crippen molar-refractivity contribution in [2.24, 2.45) is 17.1 Å². The van der Waals surface area contributed by atoms with Crippen molar-refractivity contribution in [2.75, 3.05) is 0 Å². The number of nitrogens with two attached hydrogens (primary N) is 1. The van der Waals surface area contributed by atoms with Gasteiger partial charge in [0.05, 0.1) is 29.5 Å². The Balaban J connectivity index is 2.34. The van der Waals surface area contributed by atoms with E-state index < -0.39 is 5.41 Å². The molecule has 0 fully saturated rings. The van der Waals surface area contributed by atoms with Gasteiger partial charge in [-0.3, -0.25) is 0 Å². The average molecular weight is 300 g/mol. The van der Waals surface area contributed by atoms with E-state index in [9.17, 15) is 15.8 Å². The zero-order valence-electron chi connectivity index (χ0n) is 12.7. The maximum absolute atomic E-state index is 9.85. The Kier molecular flexibility index (Phi) is 3.65. The normalized spacial score (nSPS) is 25.3. The summed E-state index contributed by atoms with van der Waals surface area (Å²) in [6.07, 6.45) is 4.85. The Bertz CT molecular complexity index is 798. The first-order valence-corrected chi connectivity index (χ1v) is 7.67. The summed E-state index contributed by atoms with van der Waals surface area (Å²) in [6.45, 7) is 0. The van der Waals surface area contributed by atoms with Crippen LogP contribution in [0.3, 0.4) is 0 Å². The molecule has 0 radical (unpaired) electrons. The van der Waals surface area contributed by atoms with Crippen LogP contribution in [0.5, 0.6) is 0 Å². The fourth-order valence-electron chi connectivity index (χ4n) is 3.94. The molecule has 2 atom stereocenters. The van der Waals surface area contributed by atoms with E-state index in [4.69, 9.17) is 5.73 Å². The van der Waals surface area contributed by atoms with Gasteiger partial charge in [-0.05, 0) is 36.3 Å². The number of benzene rings is 1. The lowest BCUT2D eigenvalue weighted by Gasteiger charge is -2.43. The van der Waals surface area contributed by atoms with Crippen molar-refractivity contribution in [2.45, 2.75) is 25.2 Å². The molecular weight excluding hydrogens is 284 g/mol. The van der Waals surface area contributed by atoms with Crippen LogP contribution in [0.2, 0.25) is 0 Å². The summed E-state index contributed by atoms with van der Waals surface area (Å²) in [5.74, 6) is -0.366. The lowest BCUT2D eigenvalue weighted by Crippen LogP contribution is -2.41. The van der Waals surface area contributed by atoms with Crippen LogP contribution in [0.25, 0.3) is 0 Å². The van der Waals surface area contributed by atoms with Crippen molar-refractivity contribution < 1.29 is 0 Å². The number of nitrogens with zero attached hydrogens (tertiary/aromatic N) is 3. The molecule has 0 aromatic heterocycles. The third kappa shape index (κ3) is 2.02. The van der Waals surface area contributed by atoms with Crippen molar-refractivity contribution in [3.05, 3.63) is 58.8 Å². The van der Waals surface area contributed by atoms with Crippen LogP contribution in [0.15, 0.2) is 53.3 Å². The summed E-state index contributed by atoms with van der Waals surface area (Å²) in [4.78, 5) is 0. The molecule has 2 N–H and O–H groups in total. The second kappa shape index (κ2) is 5.64. The first-order valence-electron chi connectivity index (χ1n) is 7.67. The molecule has 0 bridgehead atoms. The van der Waals surface area contributed by atoms with Gasteiger partial charge in [0.2, 0.25) is 0 Å². The molecule has 3 rings (SSSR count). The van der Waals surface area contributed by atoms with E-state index >= 15 is 0 Å². The van der Waals surface area contributed by atoms with Crippen LogP contribution in [0.1, 0.15) is 30.7 Å². The summed E-state index contributed by atoms with van der Waals surface area (Å²) in [6, 6.07) is 15.9. The smallest absolute Gasteiger partial charge is 0.187 e.